The Kier molecular flexibility index (Phi) is 5.30. The molecule has 27 heavy (non-hydrogen) atoms. The van der Waals surface area contributed by atoms with Gasteiger partial charge in [-0.2, -0.15) is 0 Å². The van der Waals surface area contributed by atoms with Crippen LogP contribution in [0, 0.1) is 11.7 Å². The van der Waals surface area contributed by atoms with Crippen LogP contribution >= 0.6 is 0 Å². The molecule has 7 heteroatoms. The van der Waals surface area contributed by atoms with Crippen LogP contribution in [0.25, 0.3) is 0 Å². The van der Waals surface area contributed by atoms with E-state index in [4.69, 9.17) is 0 Å². The van der Waals surface area contributed by atoms with E-state index in [2.05, 4.69) is 10.6 Å². The van der Waals surface area contributed by atoms with Crippen molar-refractivity contribution in [3.8, 4) is 0 Å². The fraction of sp³-hybridized carbons (Fsp3) is 0.150. The van der Waals surface area contributed by atoms with Gasteiger partial charge in [0.15, 0.2) is 5.92 Å². The van der Waals surface area contributed by atoms with Crippen LogP contribution in [0.5, 0.6) is 0 Å². The van der Waals surface area contributed by atoms with Gasteiger partial charge in [-0.05, 0) is 24.6 Å². The predicted octanol–water partition coefficient (Wildman–Crippen LogP) is 3.04. The average Bonchev–Trinajstić information content (AvgIpc) is 2.66. The zero-order chi connectivity index (χ0) is 19.4. The number of allylic oxidation sites excluding steroid dienone is 1. The van der Waals surface area contributed by atoms with Gasteiger partial charge in [0, 0.05) is 5.70 Å². The Morgan fingerprint density at radius 1 is 1.11 bits per heavy atom. The number of imide groups is 2. The summed E-state index contributed by atoms with van der Waals surface area (Å²) >= 11 is 0. The number of amides is 4. The molecule has 0 spiro atoms. The second-order valence-corrected chi connectivity index (χ2v) is 5.99. The molecule has 0 radical (unpaired) electrons. The molecule has 138 valence electrons. The van der Waals surface area contributed by atoms with Crippen LogP contribution < -0.4 is 10.6 Å². The molecule has 0 aromatic heterocycles. The lowest BCUT2D eigenvalue weighted by Gasteiger charge is -2.31. The summed E-state index contributed by atoms with van der Waals surface area (Å²) in [6, 6.07) is 14.1. The van der Waals surface area contributed by atoms with Gasteiger partial charge in [0.25, 0.3) is 0 Å². The molecule has 4 amide bonds. The molecule has 0 saturated carbocycles. The number of halogens is 1. The zero-order valence-electron chi connectivity index (χ0n) is 14.6. The number of hydrogen-bond donors (Lipinski definition) is 2. The molecule has 1 fully saturated rings. The van der Waals surface area contributed by atoms with E-state index in [1.54, 1.807) is 37.3 Å². The summed E-state index contributed by atoms with van der Waals surface area (Å²) in [5, 5.41) is 4.99. The van der Waals surface area contributed by atoms with Crippen molar-refractivity contribution in [3.05, 3.63) is 77.8 Å². The number of para-hydroxylation sites is 1. The molecule has 3 rings (SSSR count). The average molecular weight is 367 g/mol. The first-order valence-corrected chi connectivity index (χ1v) is 8.39. The van der Waals surface area contributed by atoms with Crippen LogP contribution in [0.4, 0.5) is 14.9 Å². The summed E-state index contributed by atoms with van der Waals surface area (Å²) in [6.07, 6.45) is 1.52. The van der Waals surface area contributed by atoms with Crippen molar-refractivity contribution >= 4 is 23.5 Å². The molecule has 0 aliphatic carbocycles. The summed E-state index contributed by atoms with van der Waals surface area (Å²) in [6.45, 7) is 1.66. The molecule has 2 N–H and O–H groups in total. The first-order valence-electron chi connectivity index (χ1n) is 8.39. The van der Waals surface area contributed by atoms with E-state index in [-0.39, 0.29) is 17.9 Å². The Bertz CT molecular complexity index is 912. The highest BCUT2D eigenvalue weighted by atomic mass is 19.1. The number of rotatable bonds is 5. The number of benzene rings is 2. The van der Waals surface area contributed by atoms with Crippen molar-refractivity contribution in [2.75, 3.05) is 5.32 Å². The van der Waals surface area contributed by atoms with E-state index in [1.807, 2.05) is 6.07 Å². The molecule has 0 unspecified atom stereocenters. The Hall–Kier alpha value is -3.48. The van der Waals surface area contributed by atoms with Crippen molar-refractivity contribution in [2.24, 2.45) is 5.92 Å². The van der Waals surface area contributed by atoms with Gasteiger partial charge in [-0.1, -0.05) is 48.5 Å². The summed E-state index contributed by atoms with van der Waals surface area (Å²) < 4.78 is 13.9. The molecule has 2 aromatic carbocycles. The maximum atomic E-state index is 13.9. The normalized spacial score (nSPS) is 17.7. The summed E-state index contributed by atoms with van der Waals surface area (Å²) in [4.78, 5) is 38.4. The number of barbiturate groups is 1. The number of anilines is 1. The Morgan fingerprint density at radius 2 is 1.78 bits per heavy atom. The molecule has 1 heterocycles. The maximum Gasteiger partial charge on any atom is 0.331 e. The first kappa shape index (κ1) is 18.3. The van der Waals surface area contributed by atoms with Gasteiger partial charge in [0.05, 0.1) is 12.2 Å². The fourth-order valence-electron chi connectivity index (χ4n) is 2.83. The minimum Gasteiger partial charge on any atom is -0.356 e. The highest BCUT2D eigenvalue weighted by Crippen LogP contribution is 2.24. The van der Waals surface area contributed by atoms with Crippen molar-refractivity contribution in [1.29, 1.82) is 0 Å². The third-order valence-electron chi connectivity index (χ3n) is 4.21. The van der Waals surface area contributed by atoms with Crippen molar-refractivity contribution in [1.82, 2.24) is 10.2 Å². The van der Waals surface area contributed by atoms with Crippen LogP contribution in [-0.4, -0.2) is 22.7 Å². The minimum atomic E-state index is -1.27. The smallest absolute Gasteiger partial charge is 0.331 e. The topological polar surface area (TPSA) is 78.5 Å². The van der Waals surface area contributed by atoms with Gasteiger partial charge in [0.2, 0.25) is 11.8 Å². The van der Waals surface area contributed by atoms with Gasteiger partial charge >= 0.3 is 6.03 Å². The summed E-state index contributed by atoms with van der Waals surface area (Å²) in [7, 11) is 0. The number of carbonyl (C=O) groups excluding carboxylic acids is 3. The molecular formula is C20H18FN3O3. The number of urea groups is 1. The Morgan fingerprint density at radius 3 is 2.44 bits per heavy atom. The van der Waals surface area contributed by atoms with E-state index in [1.165, 1.54) is 24.3 Å². The van der Waals surface area contributed by atoms with Crippen LogP contribution in [0.2, 0.25) is 0 Å². The SMILES string of the molecule is C/C=C(/Nc1ccccc1F)[C@@H]1C(=O)NC(=O)N(Cc2ccccc2)C1=O. The van der Waals surface area contributed by atoms with E-state index in [0.717, 1.165) is 10.5 Å². The van der Waals surface area contributed by atoms with Gasteiger partial charge in [-0.15, -0.1) is 0 Å². The van der Waals surface area contributed by atoms with E-state index < -0.39 is 29.6 Å². The van der Waals surface area contributed by atoms with Crippen molar-refractivity contribution in [3.63, 3.8) is 0 Å². The highest BCUT2D eigenvalue weighted by molar-refractivity contribution is 6.18. The quantitative estimate of drug-likeness (QED) is 0.797. The molecule has 1 aliphatic heterocycles. The maximum absolute atomic E-state index is 13.9. The summed E-state index contributed by atoms with van der Waals surface area (Å²) in [5.74, 6) is -3.19. The summed E-state index contributed by atoms with van der Waals surface area (Å²) in [5.41, 5.74) is 1.09. The third-order valence-corrected chi connectivity index (χ3v) is 4.21. The van der Waals surface area contributed by atoms with E-state index >= 15 is 0 Å². The standard InChI is InChI=1S/C20H18FN3O3/c1-2-15(22-16-11-7-6-10-14(16)21)17-18(25)23-20(27)24(19(17)26)12-13-8-4-3-5-9-13/h2-11,17,22H,12H2,1H3,(H,23,25,27)/b15-2+/t17-/m1/s1. The number of hydrogen-bond acceptors (Lipinski definition) is 4. The van der Waals surface area contributed by atoms with Gasteiger partial charge in [-0.3, -0.25) is 19.8 Å². The molecule has 1 aliphatic rings. The van der Waals surface area contributed by atoms with Crippen LogP contribution in [0.3, 0.4) is 0 Å². The van der Waals surface area contributed by atoms with Crippen molar-refractivity contribution < 1.29 is 18.8 Å². The second kappa shape index (κ2) is 7.82. The zero-order valence-corrected chi connectivity index (χ0v) is 14.6. The fourth-order valence-corrected chi connectivity index (χ4v) is 2.83. The monoisotopic (exact) mass is 367 g/mol. The molecule has 1 atom stereocenters. The Labute approximate surface area is 155 Å². The van der Waals surface area contributed by atoms with Crippen LogP contribution in [-0.2, 0) is 16.1 Å². The number of nitrogens with one attached hydrogen (secondary N) is 2. The largest absolute Gasteiger partial charge is 0.356 e. The van der Waals surface area contributed by atoms with Crippen LogP contribution in [0.15, 0.2) is 66.4 Å². The number of nitrogens with zero attached hydrogens (tertiary/aromatic N) is 1. The third kappa shape index (κ3) is 3.87. The molecule has 0 bridgehead atoms. The van der Waals surface area contributed by atoms with Crippen LogP contribution in [0.1, 0.15) is 12.5 Å². The lowest BCUT2D eigenvalue weighted by atomic mass is 9.99. The molecular weight excluding hydrogens is 349 g/mol. The van der Waals surface area contributed by atoms with Gasteiger partial charge < -0.3 is 5.32 Å². The lowest BCUT2D eigenvalue weighted by Crippen LogP contribution is -2.58. The minimum absolute atomic E-state index is 0.0337. The van der Waals surface area contributed by atoms with Gasteiger partial charge in [0.1, 0.15) is 5.82 Å². The number of carbonyl (C=O) groups is 3. The van der Waals surface area contributed by atoms with Gasteiger partial charge in [-0.25, -0.2) is 9.18 Å². The second-order valence-electron chi connectivity index (χ2n) is 5.99. The first-order chi connectivity index (χ1) is 13.0. The molecule has 6 nitrogen and oxygen atoms in total. The predicted molar refractivity (Wildman–Crippen MR) is 97.8 cm³/mol. The lowest BCUT2D eigenvalue weighted by molar-refractivity contribution is -0.141. The molecule has 2 aromatic rings. The Balaban J connectivity index is 1.86. The van der Waals surface area contributed by atoms with E-state index in [9.17, 15) is 18.8 Å². The van der Waals surface area contributed by atoms with Crippen molar-refractivity contribution in [2.45, 2.75) is 13.5 Å². The molecule has 1 saturated heterocycles. The van der Waals surface area contributed by atoms with E-state index in [0.29, 0.717) is 0 Å². The highest BCUT2D eigenvalue weighted by Gasteiger charge is 2.42.